The molecule has 0 aliphatic rings. The van der Waals surface area contributed by atoms with Crippen molar-refractivity contribution < 1.29 is 4.79 Å². The summed E-state index contributed by atoms with van der Waals surface area (Å²) in [5.41, 5.74) is 4.69. The fourth-order valence-corrected chi connectivity index (χ4v) is 4.67. The van der Waals surface area contributed by atoms with Crippen molar-refractivity contribution in [3.63, 3.8) is 0 Å². The van der Waals surface area contributed by atoms with E-state index in [-0.39, 0.29) is 17.2 Å². The van der Waals surface area contributed by atoms with Crippen molar-refractivity contribution in [1.82, 2.24) is 9.55 Å². The van der Waals surface area contributed by atoms with Crippen molar-refractivity contribution in [1.29, 1.82) is 0 Å². The minimum Gasteiger partial charge on any atom is -0.325 e. The topological polar surface area (TPSA) is 64.0 Å². The summed E-state index contributed by atoms with van der Waals surface area (Å²) in [7, 11) is 0. The van der Waals surface area contributed by atoms with Crippen LogP contribution in [0.3, 0.4) is 0 Å². The third-order valence-electron chi connectivity index (χ3n) is 5.61. The van der Waals surface area contributed by atoms with Crippen molar-refractivity contribution in [2.45, 2.75) is 38.4 Å². The summed E-state index contributed by atoms with van der Waals surface area (Å²) < 4.78 is 1.66. The number of para-hydroxylation sites is 2. The fourth-order valence-electron chi connectivity index (χ4n) is 3.87. The quantitative estimate of drug-likeness (QED) is 0.288. The lowest BCUT2D eigenvalue weighted by molar-refractivity contribution is -0.113. The van der Waals surface area contributed by atoms with Crippen LogP contribution in [0.5, 0.6) is 0 Å². The molecule has 0 saturated carbocycles. The molecule has 0 spiro atoms. The summed E-state index contributed by atoms with van der Waals surface area (Å²) in [5.74, 6) is 0.0603. The van der Waals surface area contributed by atoms with Gasteiger partial charge in [0.2, 0.25) is 5.91 Å². The highest BCUT2D eigenvalue weighted by atomic mass is 32.2. The van der Waals surface area contributed by atoms with Gasteiger partial charge in [-0.2, -0.15) is 0 Å². The largest absolute Gasteiger partial charge is 0.325 e. The smallest absolute Gasteiger partial charge is 0.262 e. The number of anilines is 1. The second kappa shape index (κ2) is 10.5. The maximum atomic E-state index is 13.3. The number of rotatable bonds is 8. The SMILES string of the molecule is CCc1cccc(CC)c1NC(=O)CSc1nc2ccccc2c(=O)n1Cc1ccccc1. The van der Waals surface area contributed by atoms with E-state index in [0.717, 1.165) is 35.2 Å². The van der Waals surface area contributed by atoms with E-state index in [4.69, 9.17) is 4.98 Å². The maximum Gasteiger partial charge on any atom is 0.262 e. The van der Waals surface area contributed by atoms with Crippen molar-refractivity contribution in [3.05, 3.63) is 99.8 Å². The van der Waals surface area contributed by atoms with Crippen molar-refractivity contribution >= 4 is 34.3 Å². The van der Waals surface area contributed by atoms with Crippen molar-refractivity contribution in [2.24, 2.45) is 0 Å². The number of aryl methyl sites for hydroxylation is 2. The van der Waals surface area contributed by atoms with Crippen LogP contribution in [-0.4, -0.2) is 21.2 Å². The standard InChI is InChI=1S/C27H27N3O2S/c1-3-20-13-10-14-21(4-2)25(20)29-24(31)18-33-27-28-23-16-9-8-15-22(23)26(32)30(27)17-19-11-6-5-7-12-19/h5-16H,3-4,17-18H2,1-2H3,(H,29,31). The Morgan fingerprint density at radius 1 is 0.909 bits per heavy atom. The highest BCUT2D eigenvalue weighted by Crippen LogP contribution is 2.24. The van der Waals surface area contributed by atoms with Gasteiger partial charge in [0, 0.05) is 5.69 Å². The zero-order valence-corrected chi connectivity index (χ0v) is 19.7. The highest BCUT2D eigenvalue weighted by Gasteiger charge is 2.15. The van der Waals surface area contributed by atoms with Gasteiger partial charge in [-0.05, 0) is 41.7 Å². The zero-order chi connectivity index (χ0) is 23.2. The van der Waals surface area contributed by atoms with Crippen molar-refractivity contribution in [3.8, 4) is 0 Å². The first-order valence-electron chi connectivity index (χ1n) is 11.2. The lowest BCUT2D eigenvalue weighted by Gasteiger charge is -2.15. The van der Waals surface area contributed by atoms with Crippen LogP contribution in [0.15, 0.2) is 82.7 Å². The predicted molar refractivity (Wildman–Crippen MR) is 136 cm³/mol. The van der Waals surface area contributed by atoms with Gasteiger partial charge in [-0.3, -0.25) is 14.2 Å². The van der Waals surface area contributed by atoms with E-state index in [1.807, 2.05) is 66.7 Å². The molecule has 168 valence electrons. The second-order valence-corrected chi connectivity index (χ2v) is 8.73. The molecule has 33 heavy (non-hydrogen) atoms. The Labute approximate surface area is 197 Å². The van der Waals surface area contributed by atoms with Crippen LogP contribution in [0.1, 0.15) is 30.5 Å². The van der Waals surface area contributed by atoms with Gasteiger partial charge in [0.1, 0.15) is 0 Å². The molecule has 0 aliphatic carbocycles. The van der Waals surface area contributed by atoms with Crippen LogP contribution in [0.4, 0.5) is 5.69 Å². The number of thioether (sulfide) groups is 1. The fraction of sp³-hybridized carbons (Fsp3) is 0.222. The molecule has 1 N–H and O–H groups in total. The Kier molecular flexibility index (Phi) is 7.25. The molecule has 0 bridgehead atoms. The highest BCUT2D eigenvalue weighted by molar-refractivity contribution is 7.99. The molecule has 0 aliphatic heterocycles. The minimum atomic E-state index is -0.107. The summed E-state index contributed by atoms with van der Waals surface area (Å²) in [6.45, 7) is 4.57. The number of aromatic nitrogens is 2. The molecule has 1 aromatic heterocycles. The summed E-state index contributed by atoms with van der Waals surface area (Å²) in [5, 5.41) is 4.21. The number of amides is 1. The molecule has 6 heteroatoms. The first-order chi connectivity index (χ1) is 16.1. The van der Waals surface area contributed by atoms with Crippen LogP contribution in [0.2, 0.25) is 0 Å². The number of nitrogens with zero attached hydrogens (tertiary/aromatic N) is 2. The number of carbonyl (C=O) groups excluding carboxylic acids is 1. The molecule has 1 amide bonds. The van der Waals surface area contributed by atoms with Gasteiger partial charge in [0.05, 0.1) is 23.2 Å². The number of fused-ring (bicyclic) bond motifs is 1. The number of nitrogens with one attached hydrogen (secondary N) is 1. The summed E-state index contributed by atoms with van der Waals surface area (Å²) in [6.07, 6.45) is 1.69. The Morgan fingerprint density at radius 3 is 2.27 bits per heavy atom. The average Bonchev–Trinajstić information content (AvgIpc) is 2.85. The van der Waals surface area contributed by atoms with E-state index in [9.17, 15) is 9.59 Å². The maximum absolute atomic E-state index is 13.3. The first-order valence-corrected chi connectivity index (χ1v) is 12.2. The molecule has 0 unspecified atom stereocenters. The van der Waals surface area contributed by atoms with E-state index in [2.05, 4.69) is 19.2 Å². The lowest BCUT2D eigenvalue weighted by atomic mass is 10.0. The molecule has 3 aromatic carbocycles. The number of benzene rings is 3. The van der Waals surface area contributed by atoms with Crippen molar-refractivity contribution in [2.75, 3.05) is 11.1 Å². The lowest BCUT2D eigenvalue weighted by Crippen LogP contribution is -2.25. The van der Waals surface area contributed by atoms with E-state index < -0.39 is 0 Å². The van der Waals surface area contributed by atoms with Crippen LogP contribution in [0, 0.1) is 0 Å². The summed E-state index contributed by atoms with van der Waals surface area (Å²) in [4.78, 5) is 30.9. The van der Waals surface area contributed by atoms with Crippen LogP contribution < -0.4 is 10.9 Å². The van der Waals surface area contributed by atoms with E-state index in [1.54, 1.807) is 10.6 Å². The first kappa shape index (κ1) is 22.8. The van der Waals surface area contributed by atoms with Gasteiger partial charge >= 0.3 is 0 Å². The predicted octanol–water partition coefficient (Wildman–Crippen LogP) is 5.30. The third kappa shape index (κ3) is 5.17. The number of hydrogen-bond donors (Lipinski definition) is 1. The molecule has 5 nitrogen and oxygen atoms in total. The van der Waals surface area contributed by atoms with Gasteiger partial charge in [-0.15, -0.1) is 0 Å². The summed E-state index contributed by atoms with van der Waals surface area (Å²) in [6, 6.07) is 23.3. The van der Waals surface area contributed by atoms with E-state index in [1.165, 1.54) is 11.8 Å². The third-order valence-corrected chi connectivity index (χ3v) is 6.58. The molecule has 0 radical (unpaired) electrons. The number of carbonyl (C=O) groups is 1. The average molecular weight is 458 g/mol. The molecular formula is C27H27N3O2S. The molecule has 4 rings (SSSR count). The second-order valence-electron chi connectivity index (χ2n) is 7.78. The molecular weight excluding hydrogens is 430 g/mol. The van der Waals surface area contributed by atoms with Crippen LogP contribution in [-0.2, 0) is 24.2 Å². The Hall–Kier alpha value is -3.38. The van der Waals surface area contributed by atoms with Crippen LogP contribution in [0.25, 0.3) is 10.9 Å². The van der Waals surface area contributed by atoms with Gasteiger partial charge in [0.25, 0.3) is 5.56 Å². The monoisotopic (exact) mass is 457 g/mol. The van der Waals surface area contributed by atoms with Gasteiger partial charge < -0.3 is 5.32 Å². The molecule has 0 atom stereocenters. The van der Waals surface area contributed by atoms with E-state index >= 15 is 0 Å². The van der Waals surface area contributed by atoms with Gasteiger partial charge in [0.15, 0.2) is 5.16 Å². The molecule has 1 heterocycles. The Bertz CT molecular complexity index is 1310. The van der Waals surface area contributed by atoms with E-state index in [0.29, 0.717) is 22.6 Å². The number of hydrogen-bond acceptors (Lipinski definition) is 4. The minimum absolute atomic E-state index is 0.100. The molecule has 4 aromatic rings. The van der Waals surface area contributed by atoms with Crippen LogP contribution >= 0.6 is 11.8 Å². The summed E-state index contributed by atoms with van der Waals surface area (Å²) >= 11 is 1.29. The molecule has 0 fully saturated rings. The van der Waals surface area contributed by atoms with Gasteiger partial charge in [-0.25, -0.2) is 4.98 Å². The van der Waals surface area contributed by atoms with Gasteiger partial charge in [-0.1, -0.05) is 86.3 Å². The zero-order valence-electron chi connectivity index (χ0n) is 18.9. The Balaban J connectivity index is 1.61. The normalized spacial score (nSPS) is 11.0. The Morgan fingerprint density at radius 2 is 1.58 bits per heavy atom. The molecule has 0 saturated heterocycles.